The normalized spacial score (nSPS) is 12.1. The smallest absolute Gasteiger partial charge is 0.269 e. The highest BCUT2D eigenvalue weighted by Crippen LogP contribution is 2.15. The summed E-state index contributed by atoms with van der Waals surface area (Å²) >= 11 is 3.14. The first-order valence-corrected chi connectivity index (χ1v) is 4.86. The second-order valence-corrected chi connectivity index (χ2v) is 4.16. The van der Waals surface area contributed by atoms with Crippen molar-refractivity contribution in [3.63, 3.8) is 0 Å². The van der Waals surface area contributed by atoms with Gasteiger partial charge >= 0.3 is 0 Å². The molecule has 0 radical (unpaired) electrons. The van der Waals surface area contributed by atoms with Crippen LogP contribution in [0.4, 0.5) is 5.69 Å². The van der Waals surface area contributed by atoms with E-state index in [1.54, 1.807) is 6.92 Å². The lowest BCUT2D eigenvalue weighted by atomic mass is 10.1. The molecule has 1 unspecified atom stereocenters. The summed E-state index contributed by atoms with van der Waals surface area (Å²) in [7, 11) is 0. The number of alkyl halides is 1. The highest BCUT2D eigenvalue weighted by atomic mass is 79.9. The number of nitro benzene ring substituents is 1. The Bertz CT molecular complexity index is 359. The Labute approximate surface area is 89.2 Å². The van der Waals surface area contributed by atoms with Crippen molar-refractivity contribution in [2.45, 2.75) is 11.8 Å². The molecule has 0 saturated heterocycles. The zero-order chi connectivity index (χ0) is 10.7. The summed E-state index contributed by atoms with van der Waals surface area (Å²) in [6.45, 7) is 1.71. The minimum atomic E-state index is -0.494. The molecule has 0 saturated carbocycles. The molecule has 5 heteroatoms. The maximum absolute atomic E-state index is 11.4. The van der Waals surface area contributed by atoms with Crippen LogP contribution in [0.15, 0.2) is 24.3 Å². The topological polar surface area (TPSA) is 60.2 Å². The highest BCUT2D eigenvalue weighted by Gasteiger charge is 2.13. The van der Waals surface area contributed by atoms with E-state index < -0.39 is 4.92 Å². The van der Waals surface area contributed by atoms with Crippen LogP contribution in [-0.2, 0) is 0 Å². The molecule has 0 amide bonds. The molecule has 14 heavy (non-hydrogen) atoms. The number of rotatable bonds is 3. The van der Waals surface area contributed by atoms with Gasteiger partial charge in [-0.1, -0.05) is 15.9 Å². The van der Waals surface area contributed by atoms with Gasteiger partial charge in [-0.2, -0.15) is 0 Å². The minimum Gasteiger partial charge on any atom is -0.293 e. The Kier molecular flexibility index (Phi) is 3.35. The first kappa shape index (κ1) is 10.8. The molecular weight excluding hydrogens is 250 g/mol. The minimum absolute atomic E-state index is 0.0104. The molecule has 4 nitrogen and oxygen atoms in total. The van der Waals surface area contributed by atoms with E-state index in [1.807, 2.05) is 0 Å². The van der Waals surface area contributed by atoms with Crippen LogP contribution in [0.3, 0.4) is 0 Å². The number of nitrogens with zero attached hydrogens (tertiary/aromatic N) is 1. The van der Waals surface area contributed by atoms with Crippen LogP contribution in [0.1, 0.15) is 17.3 Å². The van der Waals surface area contributed by atoms with Crippen LogP contribution < -0.4 is 0 Å². The van der Waals surface area contributed by atoms with Crippen LogP contribution in [0, 0.1) is 10.1 Å². The number of nitro groups is 1. The van der Waals surface area contributed by atoms with Crippen molar-refractivity contribution in [1.29, 1.82) is 0 Å². The molecule has 0 spiro atoms. The quantitative estimate of drug-likeness (QED) is 0.362. The maximum Gasteiger partial charge on any atom is 0.269 e. The van der Waals surface area contributed by atoms with Gasteiger partial charge in [-0.15, -0.1) is 0 Å². The van der Waals surface area contributed by atoms with E-state index in [1.165, 1.54) is 24.3 Å². The van der Waals surface area contributed by atoms with Gasteiger partial charge in [0.15, 0.2) is 5.78 Å². The van der Waals surface area contributed by atoms with Gasteiger partial charge in [0.05, 0.1) is 9.75 Å². The Morgan fingerprint density at radius 1 is 1.43 bits per heavy atom. The lowest BCUT2D eigenvalue weighted by molar-refractivity contribution is -0.384. The van der Waals surface area contributed by atoms with Crippen LogP contribution >= 0.6 is 15.9 Å². The number of non-ortho nitro benzene ring substituents is 1. The highest BCUT2D eigenvalue weighted by molar-refractivity contribution is 9.10. The molecule has 0 fully saturated rings. The number of halogens is 1. The van der Waals surface area contributed by atoms with E-state index in [-0.39, 0.29) is 16.3 Å². The van der Waals surface area contributed by atoms with Gasteiger partial charge in [0.1, 0.15) is 0 Å². The number of carbonyl (C=O) groups excluding carboxylic acids is 1. The number of hydrogen-bond donors (Lipinski definition) is 0. The van der Waals surface area contributed by atoms with Crippen molar-refractivity contribution in [2.24, 2.45) is 0 Å². The molecule has 1 rings (SSSR count). The molecule has 0 aliphatic rings. The molecule has 0 aromatic heterocycles. The Morgan fingerprint density at radius 2 is 1.93 bits per heavy atom. The zero-order valence-electron chi connectivity index (χ0n) is 7.44. The van der Waals surface area contributed by atoms with Crippen LogP contribution in [0.25, 0.3) is 0 Å². The van der Waals surface area contributed by atoms with Crippen molar-refractivity contribution in [1.82, 2.24) is 0 Å². The van der Waals surface area contributed by atoms with Gasteiger partial charge < -0.3 is 0 Å². The molecule has 74 valence electrons. The van der Waals surface area contributed by atoms with Gasteiger partial charge in [-0.25, -0.2) is 0 Å². The molecule has 0 heterocycles. The lowest BCUT2D eigenvalue weighted by Crippen LogP contribution is -2.09. The fourth-order valence-corrected chi connectivity index (χ4v) is 1.24. The second-order valence-electron chi connectivity index (χ2n) is 2.78. The molecule has 0 aliphatic carbocycles. The van der Waals surface area contributed by atoms with E-state index in [9.17, 15) is 14.9 Å². The molecule has 0 N–H and O–H groups in total. The average molecular weight is 258 g/mol. The molecule has 0 aliphatic heterocycles. The summed E-state index contributed by atoms with van der Waals surface area (Å²) in [6.07, 6.45) is 0. The number of benzene rings is 1. The third kappa shape index (κ3) is 2.38. The van der Waals surface area contributed by atoms with E-state index in [0.717, 1.165) is 0 Å². The molecule has 1 aromatic carbocycles. The lowest BCUT2D eigenvalue weighted by Gasteiger charge is -2.01. The molecule has 1 aromatic rings. The van der Waals surface area contributed by atoms with Gasteiger partial charge in [-0.3, -0.25) is 14.9 Å². The third-order valence-corrected chi connectivity index (χ3v) is 2.14. The van der Waals surface area contributed by atoms with Crippen molar-refractivity contribution < 1.29 is 9.72 Å². The largest absolute Gasteiger partial charge is 0.293 e. The van der Waals surface area contributed by atoms with Crippen molar-refractivity contribution in [2.75, 3.05) is 0 Å². The Morgan fingerprint density at radius 3 is 2.29 bits per heavy atom. The van der Waals surface area contributed by atoms with E-state index >= 15 is 0 Å². The SMILES string of the molecule is CC(Br)C(=O)c1ccc([N+](=O)[O-])cc1. The van der Waals surface area contributed by atoms with Crippen LogP contribution in [0.5, 0.6) is 0 Å². The predicted octanol–water partition coefficient (Wildman–Crippen LogP) is 2.56. The van der Waals surface area contributed by atoms with Crippen LogP contribution in [0.2, 0.25) is 0 Å². The van der Waals surface area contributed by atoms with Gasteiger partial charge in [0.2, 0.25) is 0 Å². The van der Waals surface area contributed by atoms with E-state index in [2.05, 4.69) is 15.9 Å². The van der Waals surface area contributed by atoms with Gasteiger partial charge in [-0.05, 0) is 19.1 Å². The summed E-state index contributed by atoms with van der Waals surface area (Å²) in [5.74, 6) is -0.0834. The van der Waals surface area contributed by atoms with E-state index in [0.29, 0.717) is 5.56 Å². The van der Waals surface area contributed by atoms with Crippen molar-refractivity contribution in [3.05, 3.63) is 39.9 Å². The predicted molar refractivity (Wildman–Crippen MR) is 55.8 cm³/mol. The van der Waals surface area contributed by atoms with Gasteiger partial charge in [0, 0.05) is 17.7 Å². The third-order valence-electron chi connectivity index (χ3n) is 1.72. The molecule has 1 atom stereocenters. The summed E-state index contributed by atoms with van der Waals surface area (Å²) in [5, 5.41) is 10.3. The first-order chi connectivity index (χ1) is 6.52. The average Bonchev–Trinajstić information content (AvgIpc) is 2.16. The fraction of sp³-hybridized carbons (Fsp3) is 0.222. The fourth-order valence-electron chi connectivity index (χ4n) is 0.977. The summed E-state index contributed by atoms with van der Waals surface area (Å²) < 4.78 is 0. The van der Waals surface area contributed by atoms with Crippen LogP contribution in [-0.4, -0.2) is 15.5 Å². The maximum atomic E-state index is 11.4. The number of carbonyl (C=O) groups is 1. The summed E-state index contributed by atoms with van der Waals surface area (Å²) in [6, 6.07) is 5.56. The number of hydrogen-bond acceptors (Lipinski definition) is 3. The second kappa shape index (κ2) is 4.32. The zero-order valence-corrected chi connectivity index (χ0v) is 9.02. The number of Topliss-reactive ketones (excluding diaryl/α,β-unsaturated/α-hetero) is 1. The van der Waals surface area contributed by atoms with Crippen molar-refractivity contribution >= 4 is 27.4 Å². The van der Waals surface area contributed by atoms with E-state index in [4.69, 9.17) is 0 Å². The monoisotopic (exact) mass is 257 g/mol. The van der Waals surface area contributed by atoms with Gasteiger partial charge in [0.25, 0.3) is 5.69 Å². The Hall–Kier alpha value is -1.23. The molecular formula is C9H8BrNO3. The Balaban J connectivity index is 2.94. The van der Waals surface area contributed by atoms with Crippen molar-refractivity contribution in [3.8, 4) is 0 Å². The number of ketones is 1. The molecule has 0 bridgehead atoms. The standard InChI is InChI=1S/C9H8BrNO3/c1-6(10)9(12)7-2-4-8(5-3-7)11(13)14/h2-6H,1H3. The summed E-state index contributed by atoms with van der Waals surface area (Å²) in [4.78, 5) is 21.0. The first-order valence-electron chi connectivity index (χ1n) is 3.95. The summed E-state index contributed by atoms with van der Waals surface area (Å²) in [5.41, 5.74) is 0.462.